The topological polar surface area (TPSA) is 107 Å². The predicted octanol–water partition coefficient (Wildman–Crippen LogP) is 6.33. The number of aromatic amines is 1. The van der Waals surface area contributed by atoms with Crippen molar-refractivity contribution < 1.29 is 9.53 Å². The van der Waals surface area contributed by atoms with Crippen molar-refractivity contribution >= 4 is 22.4 Å². The number of carbonyl (C=O) groups excluding carboxylic acids is 1. The summed E-state index contributed by atoms with van der Waals surface area (Å²) in [7, 11) is 0. The summed E-state index contributed by atoms with van der Waals surface area (Å²) in [6.45, 7) is 16.0. The molecule has 0 amide bonds. The van der Waals surface area contributed by atoms with Gasteiger partial charge in [-0.25, -0.2) is 0 Å². The Bertz CT molecular complexity index is 954. The molecule has 0 aliphatic heterocycles. The van der Waals surface area contributed by atoms with Crippen LogP contribution >= 0.6 is 0 Å². The van der Waals surface area contributed by atoms with Crippen molar-refractivity contribution in [3.05, 3.63) is 46.4 Å². The van der Waals surface area contributed by atoms with Crippen LogP contribution in [0.2, 0.25) is 0 Å². The van der Waals surface area contributed by atoms with Crippen LogP contribution in [0.15, 0.2) is 35.1 Å². The van der Waals surface area contributed by atoms with Gasteiger partial charge in [0.15, 0.2) is 5.78 Å². The van der Waals surface area contributed by atoms with Gasteiger partial charge in [-0.1, -0.05) is 40.2 Å². The Balaban J connectivity index is 0.000000331. The molecular formula is C27H44N4O2. The van der Waals surface area contributed by atoms with Crippen LogP contribution in [0, 0.1) is 5.92 Å². The smallest absolute Gasteiger partial charge is 0.161 e. The lowest BCUT2D eigenvalue weighted by atomic mass is 10.0. The molecule has 0 spiro atoms. The molecule has 0 aliphatic carbocycles. The number of fused-ring (bicyclic) bond motifs is 1. The van der Waals surface area contributed by atoms with Crippen LogP contribution in [0.5, 0.6) is 0 Å². The second kappa shape index (κ2) is 14.5. The molecule has 184 valence electrons. The number of hydrogen-bond acceptors (Lipinski definition) is 5. The van der Waals surface area contributed by atoms with E-state index in [1.807, 2.05) is 6.07 Å². The molecule has 0 radical (unpaired) electrons. The standard InChI is InChI=1S/C14H27NO.C13H17N3O/c1-5-12(4)13(6-2)11-14(7-3)16-10-8-9-15;1-7(2)4-12-10-5-9(8(3)17)11(14)6-13(10)16-15-12/h11H,5-10,15H2,1-4H3;5-7H,4,14H2,1-3H3,(H,15,16)/b13-12+,14-11+;. The number of ketones is 1. The molecule has 0 aliphatic rings. The molecule has 0 fully saturated rings. The summed E-state index contributed by atoms with van der Waals surface area (Å²) in [5, 5.41) is 8.24. The number of allylic oxidation sites excluding steroid dienone is 4. The molecule has 2 rings (SSSR count). The van der Waals surface area contributed by atoms with E-state index in [0.717, 1.165) is 61.1 Å². The van der Waals surface area contributed by atoms with Gasteiger partial charge in [0.1, 0.15) is 0 Å². The minimum Gasteiger partial charge on any atom is -0.498 e. The average molecular weight is 457 g/mol. The van der Waals surface area contributed by atoms with Crippen LogP contribution in [0.4, 0.5) is 5.69 Å². The summed E-state index contributed by atoms with van der Waals surface area (Å²) in [5.74, 6) is 1.61. The van der Waals surface area contributed by atoms with E-state index in [1.54, 1.807) is 6.07 Å². The summed E-state index contributed by atoms with van der Waals surface area (Å²) < 4.78 is 5.71. The van der Waals surface area contributed by atoms with E-state index >= 15 is 0 Å². The highest BCUT2D eigenvalue weighted by molar-refractivity contribution is 6.03. The van der Waals surface area contributed by atoms with E-state index in [2.05, 4.69) is 57.8 Å². The van der Waals surface area contributed by atoms with Gasteiger partial charge >= 0.3 is 0 Å². The molecule has 0 atom stereocenters. The fourth-order valence-electron chi connectivity index (χ4n) is 3.48. The third-order valence-electron chi connectivity index (χ3n) is 5.57. The zero-order valence-corrected chi connectivity index (χ0v) is 21.7. The number of nitrogen functional groups attached to an aromatic ring is 1. The summed E-state index contributed by atoms with van der Waals surface area (Å²) in [6, 6.07) is 3.60. The maximum Gasteiger partial charge on any atom is 0.161 e. The Morgan fingerprint density at radius 1 is 1.15 bits per heavy atom. The van der Waals surface area contributed by atoms with Crippen molar-refractivity contribution in [1.82, 2.24) is 10.2 Å². The van der Waals surface area contributed by atoms with Crippen molar-refractivity contribution in [1.29, 1.82) is 0 Å². The molecule has 6 heteroatoms. The number of nitrogens with two attached hydrogens (primary N) is 2. The number of ether oxygens (including phenoxy) is 1. The van der Waals surface area contributed by atoms with E-state index in [0.29, 0.717) is 23.7 Å². The Kier molecular flexibility index (Phi) is 12.5. The number of nitrogens with zero attached hydrogens (tertiary/aromatic N) is 1. The summed E-state index contributed by atoms with van der Waals surface area (Å²) in [6.07, 6.45) is 7.18. The predicted molar refractivity (Wildman–Crippen MR) is 140 cm³/mol. The summed E-state index contributed by atoms with van der Waals surface area (Å²) in [4.78, 5) is 11.5. The molecule has 0 unspecified atom stereocenters. The molecule has 0 saturated heterocycles. The van der Waals surface area contributed by atoms with Crippen molar-refractivity contribution in [2.75, 3.05) is 18.9 Å². The molecule has 1 aromatic carbocycles. The van der Waals surface area contributed by atoms with Gasteiger partial charge in [-0.2, -0.15) is 5.10 Å². The quantitative estimate of drug-likeness (QED) is 0.120. The normalized spacial score (nSPS) is 12.5. The second-order valence-corrected chi connectivity index (χ2v) is 8.78. The van der Waals surface area contributed by atoms with Gasteiger partial charge in [0, 0.05) is 28.8 Å². The minimum atomic E-state index is -0.0129. The SMILES string of the molecule is CC(=O)c1cc2c(CC(C)C)[nH]nc2cc1N.CC/C(=C\C(CC)=C(/C)CC)OCCCN. The largest absolute Gasteiger partial charge is 0.498 e. The number of anilines is 1. The molecule has 2 aromatic rings. The maximum absolute atomic E-state index is 11.5. The van der Waals surface area contributed by atoms with Gasteiger partial charge in [0.25, 0.3) is 0 Å². The highest BCUT2D eigenvalue weighted by Crippen LogP contribution is 2.25. The number of hydrogen-bond donors (Lipinski definition) is 3. The van der Waals surface area contributed by atoms with Crippen molar-refractivity contribution in [2.24, 2.45) is 11.7 Å². The first-order valence-corrected chi connectivity index (χ1v) is 12.2. The molecule has 0 saturated carbocycles. The van der Waals surface area contributed by atoms with E-state index in [4.69, 9.17) is 16.2 Å². The molecule has 6 nitrogen and oxygen atoms in total. The first-order valence-electron chi connectivity index (χ1n) is 12.2. The number of carbonyl (C=O) groups is 1. The Morgan fingerprint density at radius 2 is 1.85 bits per heavy atom. The minimum absolute atomic E-state index is 0.0129. The van der Waals surface area contributed by atoms with Gasteiger partial charge < -0.3 is 16.2 Å². The van der Waals surface area contributed by atoms with Gasteiger partial charge in [-0.15, -0.1) is 0 Å². The summed E-state index contributed by atoms with van der Waals surface area (Å²) in [5.41, 5.74) is 17.1. The monoisotopic (exact) mass is 456 g/mol. The van der Waals surface area contributed by atoms with Crippen LogP contribution in [-0.2, 0) is 11.2 Å². The molecular weight excluding hydrogens is 412 g/mol. The third-order valence-corrected chi connectivity index (χ3v) is 5.57. The zero-order valence-electron chi connectivity index (χ0n) is 21.7. The van der Waals surface area contributed by atoms with Gasteiger partial charge in [-0.05, 0) is 75.8 Å². The lowest BCUT2D eigenvalue weighted by Crippen LogP contribution is -2.04. The number of aromatic nitrogens is 2. The van der Waals surface area contributed by atoms with Crippen LogP contribution in [-0.4, -0.2) is 29.1 Å². The average Bonchev–Trinajstić information content (AvgIpc) is 3.16. The molecule has 0 bridgehead atoms. The van der Waals surface area contributed by atoms with Crippen molar-refractivity contribution in [3.63, 3.8) is 0 Å². The molecule has 1 heterocycles. The lowest BCUT2D eigenvalue weighted by molar-refractivity contribution is 0.101. The first-order chi connectivity index (χ1) is 15.7. The van der Waals surface area contributed by atoms with Crippen LogP contribution in [0.3, 0.4) is 0 Å². The van der Waals surface area contributed by atoms with E-state index in [-0.39, 0.29) is 5.78 Å². The third kappa shape index (κ3) is 9.04. The van der Waals surface area contributed by atoms with Crippen molar-refractivity contribution in [2.45, 2.75) is 80.6 Å². The fourth-order valence-corrected chi connectivity index (χ4v) is 3.48. The number of benzene rings is 1. The van der Waals surface area contributed by atoms with E-state index in [1.165, 1.54) is 18.1 Å². The first kappa shape index (κ1) is 28.4. The number of H-pyrrole nitrogens is 1. The Hall–Kier alpha value is -2.60. The summed E-state index contributed by atoms with van der Waals surface area (Å²) >= 11 is 0. The molecule has 33 heavy (non-hydrogen) atoms. The van der Waals surface area contributed by atoms with Gasteiger partial charge in [-0.3, -0.25) is 9.89 Å². The van der Waals surface area contributed by atoms with E-state index < -0.39 is 0 Å². The highest BCUT2D eigenvalue weighted by atomic mass is 16.5. The Labute approximate surface area is 199 Å². The number of rotatable bonds is 11. The van der Waals surface area contributed by atoms with Gasteiger partial charge in [0.2, 0.25) is 0 Å². The van der Waals surface area contributed by atoms with Crippen LogP contribution in [0.25, 0.3) is 10.9 Å². The fraction of sp³-hybridized carbons (Fsp3) is 0.556. The lowest BCUT2D eigenvalue weighted by Gasteiger charge is -2.10. The maximum atomic E-state index is 11.5. The zero-order chi connectivity index (χ0) is 25.0. The van der Waals surface area contributed by atoms with Crippen LogP contribution in [0.1, 0.15) is 90.2 Å². The number of Topliss-reactive ketones (excluding diaryl/α,β-unsaturated/α-hetero) is 1. The van der Waals surface area contributed by atoms with Crippen molar-refractivity contribution in [3.8, 4) is 0 Å². The number of nitrogens with one attached hydrogen (secondary N) is 1. The Morgan fingerprint density at radius 3 is 2.36 bits per heavy atom. The van der Waals surface area contributed by atoms with Crippen LogP contribution < -0.4 is 11.5 Å². The van der Waals surface area contributed by atoms with Gasteiger partial charge in [0.05, 0.1) is 17.9 Å². The molecule has 1 aromatic heterocycles. The van der Waals surface area contributed by atoms with E-state index in [9.17, 15) is 4.79 Å². The second-order valence-electron chi connectivity index (χ2n) is 8.78. The molecule has 5 N–H and O–H groups in total. The highest BCUT2D eigenvalue weighted by Gasteiger charge is 2.12.